The molecule has 0 aliphatic carbocycles. The summed E-state index contributed by atoms with van der Waals surface area (Å²) in [4.78, 5) is 10.3. The van der Waals surface area contributed by atoms with E-state index in [0.717, 1.165) is 0 Å². The zero-order chi connectivity index (χ0) is 11.8. The second-order valence-corrected chi connectivity index (χ2v) is 2.93. The van der Waals surface area contributed by atoms with Crippen LogP contribution in [-0.2, 0) is 9.53 Å². The molecule has 4 atom stereocenters. The first-order valence-corrected chi connectivity index (χ1v) is 4.41. The molecule has 90 valence electrons. The highest BCUT2D eigenvalue weighted by atomic mass is 16.5. The monoisotopic (exact) mass is 224 g/mol. The van der Waals surface area contributed by atoms with E-state index in [2.05, 4.69) is 0 Å². The zero-order valence-electron chi connectivity index (χ0n) is 8.06. The van der Waals surface area contributed by atoms with Gasteiger partial charge in [-0.25, -0.2) is 0 Å². The van der Waals surface area contributed by atoms with Crippen LogP contribution in [-0.4, -0.2) is 76.1 Å². The number of hydrogen-bond donors (Lipinski definition) is 5. The van der Waals surface area contributed by atoms with Gasteiger partial charge in [-0.2, -0.15) is 0 Å². The Morgan fingerprint density at radius 3 is 2.20 bits per heavy atom. The summed E-state index contributed by atoms with van der Waals surface area (Å²) in [5.74, 6) is 0. The van der Waals surface area contributed by atoms with Crippen molar-refractivity contribution in [3.8, 4) is 0 Å². The zero-order valence-corrected chi connectivity index (χ0v) is 8.06. The van der Waals surface area contributed by atoms with Crippen LogP contribution in [0.1, 0.15) is 0 Å². The van der Waals surface area contributed by atoms with Crippen molar-refractivity contribution in [2.24, 2.45) is 0 Å². The van der Waals surface area contributed by atoms with Crippen LogP contribution in [0.3, 0.4) is 0 Å². The second-order valence-electron chi connectivity index (χ2n) is 2.93. The van der Waals surface area contributed by atoms with Crippen molar-refractivity contribution in [2.45, 2.75) is 24.4 Å². The number of carbonyl (C=O) groups is 1. The summed E-state index contributed by atoms with van der Waals surface area (Å²) >= 11 is 0. The summed E-state index contributed by atoms with van der Waals surface area (Å²) in [6.07, 6.45) is -6.01. The van der Waals surface area contributed by atoms with E-state index in [1.807, 2.05) is 0 Å². The highest BCUT2D eigenvalue weighted by Gasteiger charge is 2.32. The number of ether oxygens (including phenoxy) is 1. The summed E-state index contributed by atoms with van der Waals surface area (Å²) in [5, 5.41) is 44.6. The van der Waals surface area contributed by atoms with E-state index in [4.69, 9.17) is 25.2 Å². The molecule has 0 aromatic rings. The lowest BCUT2D eigenvalue weighted by Gasteiger charge is -2.27. The van der Waals surface area contributed by atoms with E-state index >= 15 is 0 Å². The largest absolute Gasteiger partial charge is 0.394 e. The third-order valence-corrected chi connectivity index (χ3v) is 1.80. The first kappa shape index (κ1) is 14.4. The fraction of sp³-hybridized carbons (Fsp3) is 0.875. The van der Waals surface area contributed by atoms with Crippen LogP contribution in [0.4, 0.5) is 0 Å². The van der Waals surface area contributed by atoms with Crippen molar-refractivity contribution < 1.29 is 35.1 Å². The molecule has 0 fully saturated rings. The van der Waals surface area contributed by atoms with Crippen LogP contribution < -0.4 is 0 Å². The van der Waals surface area contributed by atoms with Gasteiger partial charge in [0.2, 0.25) is 0 Å². The molecule has 0 radical (unpaired) electrons. The molecule has 0 aliphatic heterocycles. The van der Waals surface area contributed by atoms with Gasteiger partial charge in [-0.15, -0.1) is 0 Å². The average Bonchev–Trinajstić information content (AvgIpc) is 2.27. The normalized spacial score (nSPS) is 19.3. The molecule has 15 heavy (non-hydrogen) atoms. The predicted molar refractivity (Wildman–Crippen MR) is 48.0 cm³/mol. The van der Waals surface area contributed by atoms with Crippen LogP contribution in [0.2, 0.25) is 0 Å². The first-order valence-electron chi connectivity index (χ1n) is 4.41. The molecule has 0 aromatic carbocycles. The lowest BCUT2D eigenvalue weighted by atomic mass is 10.0. The van der Waals surface area contributed by atoms with Crippen LogP contribution in [0.15, 0.2) is 0 Å². The van der Waals surface area contributed by atoms with Crippen LogP contribution in [0.5, 0.6) is 0 Å². The Hall–Kier alpha value is -0.570. The first-order chi connectivity index (χ1) is 7.08. The lowest BCUT2D eigenvalue weighted by molar-refractivity contribution is -0.152. The minimum Gasteiger partial charge on any atom is -0.394 e. The molecule has 4 unspecified atom stereocenters. The fourth-order valence-corrected chi connectivity index (χ4v) is 0.992. The van der Waals surface area contributed by atoms with Crippen molar-refractivity contribution in [2.75, 3.05) is 19.8 Å². The van der Waals surface area contributed by atoms with E-state index < -0.39 is 31.0 Å². The standard InChI is InChI=1S/C8H16O7/c9-1-2-15-8(6(13)4-11)7(14)5(12)3-10/h4-10,12-14H,1-3H2. The maximum absolute atomic E-state index is 10.3. The van der Waals surface area contributed by atoms with Gasteiger partial charge in [0.15, 0.2) is 6.29 Å². The Morgan fingerprint density at radius 2 is 1.80 bits per heavy atom. The molecule has 0 rings (SSSR count). The molecule has 0 amide bonds. The quantitative estimate of drug-likeness (QED) is 0.272. The van der Waals surface area contributed by atoms with Crippen molar-refractivity contribution in [1.82, 2.24) is 0 Å². The average molecular weight is 224 g/mol. The van der Waals surface area contributed by atoms with Gasteiger partial charge in [-0.05, 0) is 0 Å². The van der Waals surface area contributed by atoms with Gasteiger partial charge in [-0.1, -0.05) is 0 Å². The number of aliphatic hydroxyl groups excluding tert-OH is 5. The fourth-order valence-electron chi connectivity index (χ4n) is 0.992. The molecule has 0 saturated carbocycles. The van der Waals surface area contributed by atoms with E-state index in [-0.39, 0.29) is 19.5 Å². The molecule has 0 aliphatic rings. The van der Waals surface area contributed by atoms with Gasteiger partial charge < -0.3 is 35.1 Å². The van der Waals surface area contributed by atoms with Crippen LogP contribution >= 0.6 is 0 Å². The number of carbonyl (C=O) groups excluding carboxylic acids is 1. The lowest BCUT2D eigenvalue weighted by Crippen LogP contribution is -2.48. The minimum absolute atomic E-state index is 0.134. The highest BCUT2D eigenvalue weighted by molar-refractivity contribution is 5.56. The smallest absolute Gasteiger partial charge is 0.151 e. The maximum Gasteiger partial charge on any atom is 0.151 e. The van der Waals surface area contributed by atoms with Gasteiger partial charge in [0.05, 0.1) is 19.8 Å². The van der Waals surface area contributed by atoms with Crippen molar-refractivity contribution >= 4 is 6.29 Å². The van der Waals surface area contributed by atoms with Gasteiger partial charge in [0, 0.05) is 0 Å². The van der Waals surface area contributed by atoms with Crippen molar-refractivity contribution in [3.63, 3.8) is 0 Å². The predicted octanol–water partition coefficient (Wildman–Crippen LogP) is -3.36. The van der Waals surface area contributed by atoms with E-state index in [9.17, 15) is 9.90 Å². The minimum atomic E-state index is -1.63. The van der Waals surface area contributed by atoms with E-state index in [1.54, 1.807) is 0 Å². The molecule has 7 nitrogen and oxygen atoms in total. The number of aldehydes is 1. The van der Waals surface area contributed by atoms with Gasteiger partial charge in [-0.3, -0.25) is 0 Å². The molecule has 7 heteroatoms. The molecule has 0 bridgehead atoms. The van der Waals surface area contributed by atoms with Gasteiger partial charge in [0.25, 0.3) is 0 Å². The molecule has 0 aromatic heterocycles. The molecular weight excluding hydrogens is 208 g/mol. The summed E-state index contributed by atoms with van der Waals surface area (Å²) in [6.45, 7) is -1.29. The third-order valence-electron chi connectivity index (χ3n) is 1.80. The van der Waals surface area contributed by atoms with E-state index in [1.165, 1.54) is 0 Å². The Bertz CT molecular complexity index is 174. The Morgan fingerprint density at radius 1 is 1.20 bits per heavy atom. The summed E-state index contributed by atoms with van der Waals surface area (Å²) in [6, 6.07) is 0. The maximum atomic E-state index is 10.3. The van der Waals surface area contributed by atoms with E-state index in [0.29, 0.717) is 0 Å². The molecular formula is C8H16O7. The number of hydrogen-bond acceptors (Lipinski definition) is 7. The van der Waals surface area contributed by atoms with Gasteiger partial charge >= 0.3 is 0 Å². The third kappa shape index (κ3) is 4.65. The number of rotatable bonds is 8. The van der Waals surface area contributed by atoms with Crippen molar-refractivity contribution in [1.29, 1.82) is 0 Å². The Labute approximate surface area is 86.5 Å². The van der Waals surface area contributed by atoms with Crippen LogP contribution in [0.25, 0.3) is 0 Å². The molecule has 5 N–H and O–H groups in total. The van der Waals surface area contributed by atoms with Crippen LogP contribution in [0, 0.1) is 0 Å². The summed E-state index contributed by atoms with van der Waals surface area (Å²) in [5.41, 5.74) is 0. The summed E-state index contributed by atoms with van der Waals surface area (Å²) < 4.78 is 4.78. The molecule has 0 heterocycles. The summed E-state index contributed by atoms with van der Waals surface area (Å²) in [7, 11) is 0. The second kappa shape index (κ2) is 7.69. The SMILES string of the molecule is O=CC(O)C(OCCO)C(O)C(O)CO. The number of aliphatic hydroxyl groups is 5. The topological polar surface area (TPSA) is 127 Å². The Balaban J connectivity index is 4.38. The molecule has 0 saturated heterocycles. The highest BCUT2D eigenvalue weighted by Crippen LogP contribution is 2.08. The van der Waals surface area contributed by atoms with Crippen molar-refractivity contribution in [3.05, 3.63) is 0 Å². The Kier molecular flexibility index (Phi) is 7.39. The van der Waals surface area contributed by atoms with Gasteiger partial charge in [0.1, 0.15) is 24.4 Å². The molecule has 0 spiro atoms.